The first-order valence-electron chi connectivity index (χ1n) is 10.6. The largest absolute Gasteiger partial charge is 0.462 e. The van der Waals surface area contributed by atoms with Crippen LogP contribution in [0.3, 0.4) is 0 Å². The molecule has 1 aromatic rings. The van der Waals surface area contributed by atoms with Gasteiger partial charge < -0.3 is 14.8 Å². The Labute approximate surface area is 177 Å². The van der Waals surface area contributed by atoms with E-state index in [0.29, 0.717) is 18.7 Å². The van der Waals surface area contributed by atoms with E-state index < -0.39 is 0 Å². The maximum atomic E-state index is 12.3. The predicted octanol–water partition coefficient (Wildman–Crippen LogP) is 4.12. The molecule has 158 valence electrons. The van der Waals surface area contributed by atoms with Crippen LogP contribution in [0.2, 0.25) is 0 Å². The highest BCUT2D eigenvalue weighted by molar-refractivity contribution is 6.11. The molecule has 30 heavy (non-hydrogen) atoms. The summed E-state index contributed by atoms with van der Waals surface area (Å²) in [7, 11) is 0. The minimum Gasteiger partial charge on any atom is -0.462 e. The Morgan fingerprint density at radius 3 is 2.60 bits per heavy atom. The molecular weight excluding hydrogens is 380 g/mol. The molecule has 1 amide bonds. The quantitative estimate of drug-likeness (QED) is 0.744. The van der Waals surface area contributed by atoms with E-state index in [9.17, 15) is 9.59 Å². The number of fused-ring (bicyclic) bond motifs is 2. The lowest BCUT2D eigenvalue weighted by Crippen LogP contribution is -2.39. The first-order chi connectivity index (χ1) is 14.5. The van der Waals surface area contributed by atoms with Gasteiger partial charge in [-0.25, -0.2) is 9.59 Å². The van der Waals surface area contributed by atoms with Crippen LogP contribution in [-0.2, 0) is 20.9 Å². The number of carbonyl (C=O) groups is 2. The SMILES string of the molecule is CCOC(=O)C1=C(C)C2=C(CN=C1)C21CCC(NC(=O)OCc2ccccc2)CC1. The van der Waals surface area contributed by atoms with E-state index in [4.69, 9.17) is 9.47 Å². The Kier molecular flexibility index (Phi) is 5.75. The lowest BCUT2D eigenvalue weighted by atomic mass is 9.76. The van der Waals surface area contributed by atoms with Crippen molar-refractivity contribution >= 4 is 18.3 Å². The summed E-state index contributed by atoms with van der Waals surface area (Å²) < 4.78 is 10.5. The number of nitrogens with zero attached hydrogens (tertiary/aromatic N) is 1. The molecule has 1 heterocycles. The van der Waals surface area contributed by atoms with Gasteiger partial charge in [-0.1, -0.05) is 30.3 Å². The molecule has 6 nitrogen and oxygen atoms in total. The van der Waals surface area contributed by atoms with Crippen molar-refractivity contribution in [2.75, 3.05) is 13.2 Å². The van der Waals surface area contributed by atoms with Crippen LogP contribution in [-0.4, -0.2) is 37.5 Å². The number of hydrogen-bond donors (Lipinski definition) is 1. The topological polar surface area (TPSA) is 77.0 Å². The molecule has 0 saturated heterocycles. The van der Waals surface area contributed by atoms with Crippen molar-refractivity contribution in [2.45, 2.75) is 52.2 Å². The summed E-state index contributed by atoms with van der Waals surface area (Å²) in [5.41, 5.74) is 5.23. The number of aliphatic imine (C=N–C) groups is 1. The molecule has 0 bridgehead atoms. The van der Waals surface area contributed by atoms with Crippen LogP contribution in [0.5, 0.6) is 0 Å². The van der Waals surface area contributed by atoms with E-state index in [2.05, 4.69) is 10.3 Å². The zero-order valence-corrected chi connectivity index (χ0v) is 17.6. The highest BCUT2D eigenvalue weighted by atomic mass is 16.5. The molecule has 1 N–H and O–H groups in total. The van der Waals surface area contributed by atoms with Gasteiger partial charge in [-0.3, -0.25) is 4.99 Å². The van der Waals surface area contributed by atoms with Crippen molar-refractivity contribution in [1.29, 1.82) is 0 Å². The zero-order valence-electron chi connectivity index (χ0n) is 17.6. The molecule has 1 aromatic carbocycles. The summed E-state index contributed by atoms with van der Waals surface area (Å²) in [6.07, 6.45) is 4.99. The Morgan fingerprint density at radius 1 is 1.17 bits per heavy atom. The fourth-order valence-electron chi connectivity index (χ4n) is 4.85. The number of carbonyl (C=O) groups excluding carboxylic acids is 2. The van der Waals surface area contributed by atoms with Gasteiger partial charge in [0.2, 0.25) is 0 Å². The van der Waals surface area contributed by atoms with Gasteiger partial charge in [0, 0.05) is 17.7 Å². The first kappa shape index (κ1) is 20.4. The Morgan fingerprint density at radius 2 is 1.90 bits per heavy atom. The highest BCUT2D eigenvalue weighted by Crippen LogP contribution is 2.64. The Bertz CT molecular complexity index is 922. The van der Waals surface area contributed by atoms with Gasteiger partial charge >= 0.3 is 12.1 Å². The summed E-state index contributed by atoms with van der Waals surface area (Å²) >= 11 is 0. The monoisotopic (exact) mass is 408 g/mol. The van der Waals surface area contributed by atoms with E-state index in [1.807, 2.05) is 44.2 Å². The molecule has 1 fully saturated rings. The van der Waals surface area contributed by atoms with Crippen LogP contribution in [0.4, 0.5) is 4.79 Å². The number of nitrogens with one attached hydrogen (secondary N) is 1. The van der Waals surface area contributed by atoms with Gasteiger partial charge in [-0.15, -0.1) is 0 Å². The molecular formula is C24H28N2O4. The van der Waals surface area contributed by atoms with Gasteiger partial charge in [-0.2, -0.15) is 0 Å². The number of allylic oxidation sites excluding steroid dienone is 2. The van der Waals surface area contributed by atoms with Crippen molar-refractivity contribution in [3.05, 3.63) is 58.2 Å². The van der Waals surface area contributed by atoms with E-state index in [-0.39, 0.29) is 30.1 Å². The highest BCUT2D eigenvalue weighted by Gasteiger charge is 2.55. The average molecular weight is 408 g/mol. The maximum Gasteiger partial charge on any atom is 0.407 e. The number of ether oxygens (including phenoxy) is 2. The maximum absolute atomic E-state index is 12.3. The second-order valence-corrected chi connectivity index (χ2v) is 8.14. The van der Waals surface area contributed by atoms with E-state index in [0.717, 1.165) is 36.8 Å². The van der Waals surface area contributed by atoms with E-state index >= 15 is 0 Å². The fourth-order valence-corrected chi connectivity index (χ4v) is 4.85. The van der Waals surface area contributed by atoms with E-state index in [1.165, 1.54) is 11.1 Å². The molecule has 1 saturated carbocycles. The Hall–Kier alpha value is -2.89. The smallest absolute Gasteiger partial charge is 0.407 e. The molecule has 1 aliphatic heterocycles. The molecule has 4 rings (SSSR count). The van der Waals surface area contributed by atoms with E-state index in [1.54, 1.807) is 6.21 Å². The normalized spacial score (nSPS) is 24.9. The molecule has 6 heteroatoms. The first-order valence-corrected chi connectivity index (χ1v) is 10.6. The lowest BCUT2D eigenvalue weighted by Gasteiger charge is -2.32. The predicted molar refractivity (Wildman–Crippen MR) is 114 cm³/mol. The molecule has 0 atom stereocenters. The van der Waals surface area contributed by atoms with Crippen LogP contribution >= 0.6 is 0 Å². The van der Waals surface area contributed by atoms with Gasteiger partial charge in [0.25, 0.3) is 0 Å². The number of esters is 1. The van der Waals surface area contributed by atoms with Gasteiger partial charge in [0.15, 0.2) is 0 Å². The molecule has 1 spiro atoms. The minimum atomic E-state index is -0.365. The number of benzene rings is 1. The molecule has 2 aliphatic carbocycles. The molecule has 0 radical (unpaired) electrons. The number of rotatable bonds is 5. The third-order valence-electron chi connectivity index (χ3n) is 6.41. The van der Waals surface area contributed by atoms with Crippen LogP contribution in [0.15, 0.2) is 57.6 Å². The fraction of sp³-hybridized carbons (Fsp3) is 0.458. The van der Waals surface area contributed by atoms with Crippen LogP contribution in [0.1, 0.15) is 45.1 Å². The summed E-state index contributed by atoms with van der Waals surface area (Å²) in [5, 5.41) is 3.01. The summed E-state index contributed by atoms with van der Waals surface area (Å²) in [6.45, 7) is 5.09. The van der Waals surface area contributed by atoms with Crippen LogP contribution < -0.4 is 5.32 Å². The third-order valence-corrected chi connectivity index (χ3v) is 6.41. The zero-order chi connectivity index (χ0) is 21.1. The van der Waals surface area contributed by atoms with Crippen molar-refractivity contribution in [3.63, 3.8) is 0 Å². The summed E-state index contributed by atoms with van der Waals surface area (Å²) in [6, 6.07) is 9.78. The van der Waals surface area contributed by atoms with Gasteiger partial charge in [0.05, 0.1) is 18.7 Å². The van der Waals surface area contributed by atoms with Crippen molar-refractivity contribution in [3.8, 4) is 0 Å². The number of alkyl carbamates (subject to hydrolysis) is 1. The van der Waals surface area contributed by atoms with Crippen molar-refractivity contribution in [2.24, 2.45) is 10.4 Å². The lowest BCUT2D eigenvalue weighted by molar-refractivity contribution is -0.137. The molecule has 0 aromatic heterocycles. The van der Waals surface area contributed by atoms with Gasteiger partial charge in [-0.05, 0) is 61.8 Å². The second-order valence-electron chi connectivity index (χ2n) is 8.14. The standard InChI is InChI=1S/C24H28N2O4/c1-3-29-22(27)19-13-25-14-20-21(16(19)2)24(20)11-9-18(10-12-24)26-23(28)30-15-17-7-5-4-6-8-17/h4-8,13,18H,3,9-12,14-15H2,1-2H3,(H,26,28). The molecule has 3 aliphatic rings. The van der Waals surface area contributed by atoms with Crippen molar-refractivity contribution in [1.82, 2.24) is 5.32 Å². The summed E-state index contributed by atoms with van der Waals surface area (Å²) in [4.78, 5) is 28.9. The Balaban J connectivity index is 1.31. The second kappa shape index (κ2) is 8.46. The van der Waals surface area contributed by atoms with Gasteiger partial charge in [0.1, 0.15) is 6.61 Å². The van der Waals surface area contributed by atoms with Crippen LogP contribution in [0.25, 0.3) is 0 Å². The summed E-state index contributed by atoms with van der Waals surface area (Å²) in [5.74, 6) is -0.300. The number of hydrogen-bond acceptors (Lipinski definition) is 5. The number of amides is 1. The molecule has 0 unspecified atom stereocenters. The average Bonchev–Trinajstić information content (AvgIpc) is 3.41. The van der Waals surface area contributed by atoms with Crippen LogP contribution in [0, 0.1) is 5.41 Å². The van der Waals surface area contributed by atoms with Crippen molar-refractivity contribution < 1.29 is 19.1 Å². The third kappa shape index (κ3) is 3.91. The minimum absolute atomic E-state index is 0.0473.